The lowest BCUT2D eigenvalue weighted by molar-refractivity contribution is 0.0766. The molecule has 7 heteroatoms. The molecule has 5 nitrogen and oxygen atoms in total. The minimum absolute atomic E-state index is 0.125. The lowest BCUT2D eigenvalue weighted by atomic mass is 10.0. The molecule has 1 aliphatic heterocycles. The highest BCUT2D eigenvalue weighted by molar-refractivity contribution is 5.94. The van der Waals surface area contributed by atoms with E-state index >= 15 is 0 Å². The molecule has 3 aromatic rings. The first-order valence-electron chi connectivity index (χ1n) is 10.2. The Bertz CT molecular complexity index is 1220. The number of fused-ring (bicyclic) bond motifs is 1. The first-order valence-corrected chi connectivity index (χ1v) is 10.2. The molecular formula is C24H22F2N4O. The van der Waals surface area contributed by atoms with E-state index in [0.29, 0.717) is 44.0 Å². The molecule has 1 amide bonds. The van der Waals surface area contributed by atoms with Crippen LogP contribution in [0.5, 0.6) is 0 Å². The first-order chi connectivity index (χ1) is 14.9. The fourth-order valence-electron chi connectivity index (χ4n) is 4.09. The Hall–Kier alpha value is -3.53. The number of nitriles is 1. The SMILES string of the molecule is Cc1cc(C)c2cc(C#N)c(N3CCCN(C(=O)c4ccc(F)c(F)c4)CC3)nc2c1. The molecule has 0 unspecified atom stereocenters. The molecule has 0 bridgehead atoms. The van der Waals surface area contributed by atoms with Gasteiger partial charge in [0.05, 0.1) is 11.1 Å². The van der Waals surface area contributed by atoms with Crippen molar-refractivity contribution in [1.82, 2.24) is 9.88 Å². The van der Waals surface area contributed by atoms with Crippen molar-refractivity contribution in [3.8, 4) is 6.07 Å². The van der Waals surface area contributed by atoms with Crippen molar-refractivity contribution < 1.29 is 13.6 Å². The van der Waals surface area contributed by atoms with Gasteiger partial charge >= 0.3 is 0 Å². The van der Waals surface area contributed by atoms with Gasteiger partial charge in [0.25, 0.3) is 5.91 Å². The Labute approximate surface area is 179 Å². The van der Waals surface area contributed by atoms with E-state index in [-0.39, 0.29) is 11.5 Å². The van der Waals surface area contributed by atoms with Crippen molar-refractivity contribution >= 4 is 22.6 Å². The summed E-state index contributed by atoms with van der Waals surface area (Å²) in [6.45, 7) is 6.04. The van der Waals surface area contributed by atoms with Crippen LogP contribution in [0.4, 0.5) is 14.6 Å². The molecule has 0 radical (unpaired) electrons. The molecule has 2 heterocycles. The van der Waals surface area contributed by atoms with Gasteiger partial charge in [-0.3, -0.25) is 4.79 Å². The van der Waals surface area contributed by atoms with Gasteiger partial charge in [0.15, 0.2) is 11.6 Å². The van der Waals surface area contributed by atoms with Crippen LogP contribution in [-0.4, -0.2) is 42.0 Å². The van der Waals surface area contributed by atoms with E-state index < -0.39 is 11.6 Å². The number of aromatic nitrogens is 1. The van der Waals surface area contributed by atoms with Gasteiger partial charge in [-0.2, -0.15) is 5.26 Å². The fourth-order valence-corrected chi connectivity index (χ4v) is 4.09. The Morgan fingerprint density at radius 1 is 1.03 bits per heavy atom. The highest BCUT2D eigenvalue weighted by Gasteiger charge is 2.23. The van der Waals surface area contributed by atoms with Gasteiger partial charge in [-0.1, -0.05) is 6.07 Å². The number of carbonyl (C=O) groups is 1. The monoisotopic (exact) mass is 420 g/mol. The molecule has 0 N–H and O–H groups in total. The molecule has 4 rings (SSSR count). The molecule has 0 aliphatic carbocycles. The molecule has 158 valence electrons. The summed E-state index contributed by atoms with van der Waals surface area (Å²) in [7, 11) is 0. The van der Waals surface area contributed by atoms with Crippen LogP contribution in [-0.2, 0) is 0 Å². The van der Waals surface area contributed by atoms with Gasteiger partial charge < -0.3 is 9.80 Å². The third kappa shape index (κ3) is 4.06. The Morgan fingerprint density at radius 2 is 1.84 bits per heavy atom. The summed E-state index contributed by atoms with van der Waals surface area (Å²) in [5, 5.41) is 10.7. The molecule has 1 fully saturated rings. The van der Waals surface area contributed by atoms with E-state index in [9.17, 15) is 18.8 Å². The number of amides is 1. The van der Waals surface area contributed by atoms with Crippen molar-refractivity contribution in [2.75, 3.05) is 31.1 Å². The number of halogens is 2. The van der Waals surface area contributed by atoms with Crippen molar-refractivity contribution in [3.63, 3.8) is 0 Å². The highest BCUT2D eigenvalue weighted by Crippen LogP contribution is 2.27. The van der Waals surface area contributed by atoms with E-state index in [0.717, 1.165) is 34.2 Å². The number of nitrogens with zero attached hydrogens (tertiary/aromatic N) is 4. The third-order valence-corrected chi connectivity index (χ3v) is 5.63. The lowest BCUT2D eigenvalue weighted by Gasteiger charge is -2.24. The molecule has 0 saturated carbocycles. The quantitative estimate of drug-likeness (QED) is 0.618. The second kappa shape index (κ2) is 8.31. The van der Waals surface area contributed by atoms with Crippen LogP contribution >= 0.6 is 0 Å². The second-order valence-corrected chi connectivity index (χ2v) is 7.88. The summed E-state index contributed by atoms with van der Waals surface area (Å²) < 4.78 is 26.7. The maximum absolute atomic E-state index is 13.5. The summed E-state index contributed by atoms with van der Waals surface area (Å²) in [6, 6.07) is 11.4. The minimum Gasteiger partial charge on any atom is -0.354 e. The topological polar surface area (TPSA) is 60.2 Å². The molecule has 1 aromatic heterocycles. The minimum atomic E-state index is -1.04. The molecule has 0 spiro atoms. The zero-order chi connectivity index (χ0) is 22.1. The van der Waals surface area contributed by atoms with Crippen molar-refractivity contribution in [2.24, 2.45) is 0 Å². The van der Waals surface area contributed by atoms with Crippen LogP contribution < -0.4 is 4.90 Å². The number of hydrogen-bond acceptors (Lipinski definition) is 4. The number of carbonyl (C=O) groups excluding carboxylic acids is 1. The van der Waals surface area contributed by atoms with E-state index in [4.69, 9.17) is 4.98 Å². The van der Waals surface area contributed by atoms with E-state index in [2.05, 4.69) is 12.1 Å². The molecule has 31 heavy (non-hydrogen) atoms. The summed E-state index contributed by atoms with van der Waals surface area (Å²) in [5.74, 6) is -1.73. The molecule has 1 saturated heterocycles. The number of benzene rings is 2. The normalized spacial score (nSPS) is 14.4. The summed E-state index contributed by atoms with van der Waals surface area (Å²) in [5.41, 5.74) is 3.64. The Kier molecular flexibility index (Phi) is 5.55. The van der Waals surface area contributed by atoms with Crippen LogP contribution in [0.25, 0.3) is 10.9 Å². The van der Waals surface area contributed by atoms with Gasteiger partial charge in [-0.25, -0.2) is 13.8 Å². The smallest absolute Gasteiger partial charge is 0.254 e. The predicted molar refractivity (Wildman–Crippen MR) is 115 cm³/mol. The number of hydrogen-bond donors (Lipinski definition) is 0. The molecule has 1 aliphatic rings. The predicted octanol–water partition coefficient (Wildman–Crippen LogP) is 4.35. The molecule has 2 aromatic carbocycles. The standard InChI is InChI=1S/C24H22F2N4O/c1-15-10-16(2)19-12-18(14-27)23(28-22(19)11-15)29-6-3-7-30(9-8-29)24(31)17-4-5-20(25)21(26)13-17/h4-5,10-13H,3,6-9H2,1-2H3. The van der Waals surface area contributed by atoms with Gasteiger partial charge in [0, 0.05) is 37.1 Å². The van der Waals surface area contributed by atoms with Crippen molar-refractivity contribution in [2.45, 2.75) is 20.3 Å². The number of aryl methyl sites for hydroxylation is 2. The average Bonchev–Trinajstić information content (AvgIpc) is 3.00. The van der Waals surface area contributed by atoms with E-state index in [1.165, 1.54) is 6.07 Å². The van der Waals surface area contributed by atoms with Gasteiger partial charge in [0.2, 0.25) is 0 Å². The van der Waals surface area contributed by atoms with Crippen LogP contribution in [0.1, 0.15) is 33.5 Å². The number of rotatable bonds is 2. The summed E-state index contributed by atoms with van der Waals surface area (Å²) in [4.78, 5) is 21.2. The maximum Gasteiger partial charge on any atom is 0.254 e. The number of pyridine rings is 1. The zero-order valence-electron chi connectivity index (χ0n) is 17.5. The maximum atomic E-state index is 13.5. The van der Waals surface area contributed by atoms with E-state index in [1.807, 2.05) is 30.9 Å². The van der Waals surface area contributed by atoms with Crippen LogP contribution in [0.3, 0.4) is 0 Å². The van der Waals surface area contributed by atoms with Gasteiger partial charge in [-0.15, -0.1) is 0 Å². The fraction of sp³-hybridized carbons (Fsp3) is 0.292. The van der Waals surface area contributed by atoms with Crippen LogP contribution in [0, 0.1) is 36.8 Å². The molecule has 0 atom stereocenters. The lowest BCUT2D eigenvalue weighted by Crippen LogP contribution is -2.35. The number of anilines is 1. The summed E-state index contributed by atoms with van der Waals surface area (Å²) in [6.07, 6.45) is 0.673. The second-order valence-electron chi connectivity index (χ2n) is 7.88. The zero-order valence-corrected chi connectivity index (χ0v) is 17.5. The third-order valence-electron chi connectivity index (χ3n) is 5.63. The summed E-state index contributed by atoms with van der Waals surface area (Å²) >= 11 is 0. The average molecular weight is 420 g/mol. The Balaban J connectivity index is 1.60. The van der Waals surface area contributed by atoms with Crippen LogP contribution in [0.15, 0.2) is 36.4 Å². The van der Waals surface area contributed by atoms with Gasteiger partial charge in [-0.05, 0) is 61.7 Å². The van der Waals surface area contributed by atoms with Crippen LogP contribution in [0.2, 0.25) is 0 Å². The van der Waals surface area contributed by atoms with Crippen molar-refractivity contribution in [1.29, 1.82) is 5.26 Å². The van der Waals surface area contributed by atoms with Crippen molar-refractivity contribution in [3.05, 3.63) is 70.3 Å². The molecular weight excluding hydrogens is 398 g/mol. The van der Waals surface area contributed by atoms with E-state index in [1.54, 1.807) is 4.90 Å². The largest absolute Gasteiger partial charge is 0.354 e. The highest BCUT2D eigenvalue weighted by atomic mass is 19.2. The Morgan fingerprint density at radius 3 is 2.58 bits per heavy atom. The first kappa shape index (κ1) is 20.7. The van der Waals surface area contributed by atoms with Gasteiger partial charge in [0.1, 0.15) is 11.9 Å².